The summed E-state index contributed by atoms with van der Waals surface area (Å²) in [5, 5.41) is 3.59. The summed E-state index contributed by atoms with van der Waals surface area (Å²) in [5.74, 6) is -0.221. The summed E-state index contributed by atoms with van der Waals surface area (Å²) in [7, 11) is 3.26. The van der Waals surface area contributed by atoms with Crippen LogP contribution in [0.15, 0.2) is 24.4 Å². The third kappa shape index (κ3) is 4.25. The van der Waals surface area contributed by atoms with Crippen molar-refractivity contribution in [3.63, 3.8) is 0 Å². The highest BCUT2D eigenvalue weighted by molar-refractivity contribution is 7.78. The van der Waals surface area contributed by atoms with Gasteiger partial charge >= 0.3 is 5.97 Å². The molecule has 0 aliphatic carbocycles. The van der Waals surface area contributed by atoms with Crippen molar-refractivity contribution in [3.8, 4) is 0 Å². The Balaban J connectivity index is 2.87. The highest BCUT2D eigenvalue weighted by Crippen LogP contribution is 2.14. The van der Waals surface area contributed by atoms with Crippen molar-refractivity contribution >= 4 is 23.7 Å². The predicted molar refractivity (Wildman–Crippen MR) is 81.8 cm³/mol. The molecular formula is C14H21N3O2S. The van der Waals surface area contributed by atoms with E-state index in [0.717, 1.165) is 5.69 Å². The first-order valence-corrected chi connectivity index (χ1v) is 6.90. The van der Waals surface area contributed by atoms with Crippen molar-refractivity contribution in [2.75, 3.05) is 14.2 Å². The number of hydrazine groups is 1. The lowest BCUT2D eigenvalue weighted by Gasteiger charge is -2.36. The van der Waals surface area contributed by atoms with Crippen molar-refractivity contribution < 1.29 is 9.53 Å². The van der Waals surface area contributed by atoms with Crippen LogP contribution in [0.2, 0.25) is 0 Å². The maximum Gasteiger partial charge on any atom is 0.330 e. The Kier molecular flexibility index (Phi) is 6.54. The van der Waals surface area contributed by atoms with Crippen molar-refractivity contribution in [2.45, 2.75) is 26.4 Å². The van der Waals surface area contributed by atoms with Crippen LogP contribution in [0, 0.1) is 5.92 Å². The van der Waals surface area contributed by atoms with Crippen LogP contribution < -0.4 is 0 Å². The zero-order valence-electron chi connectivity index (χ0n) is 12.3. The predicted octanol–water partition coefficient (Wildman–Crippen LogP) is 1.89. The maximum absolute atomic E-state index is 11.9. The number of rotatable bonds is 7. The van der Waals surface area contributed by atoms with Gasteiger partial charge in [0.15, 0.2) is 0 Å². The van der Waals surface area contributed by atoms with Crippen LogP contribution in [-0.2, 0) is 16.1 Å². The van der Waals surface area contributed by atoms with E-state index in [1.807, 2.05) is 44.1 Å². The molecule has 0 N–H and O–H groups in total. The molecular weight excluding hydrogens is 274 g/mol. The molecule has 0 spiro atoms. The molecule has 110 valence electrons. The fourth-order valence-electron chi connectivity index (χ4n) is 1.97. The SMILES string of the molecule is COC(=O)[C@H](C(C)C)N(C=S)N(C)Cc1ccccn1. The second-order valence-corrected chi connectivity index (χ2v) is 5.05. The molecule has 6 heteroatoms. The average molecular weight is 295 g/mol. The number of nitrogens with zero attached hydrogens (tertiary/aromatic N) is 3. The first kappa shape index (κ1) is 16.5. The van der Waals surface area contributed by atoms with E-state index in [2.05, 4.69) is 4.98 Å². The van der Waals surface area contributed by atoms with Crippen molar-refractivity contribution in [1.29, 1.82) is 0 Å². The van der Waals surface area contributed by atoms with E-state index in [0.29, 0.717) is 6.54 Å². The second-order valence-electron chi connectivity index (χ2n) is 4.83. The minimum atomic E-state index is -0.439. The number of hydrogen-bond acceptors (Lipinski definition) is 5. The van der Waals surface area contributed by atoms with Crippen LogP contribution in [0.5, 0.6) is 0 Å². The zero-order valence-corrected chi connectivity index (χ0v) is 13.1. The van der Waals surface area contributed by atoms with Gasteiger partial charge in [0.25, 0.3) is 0 Å². The minimum Gasteiger partial charge on any atom is -0.467 e. The molecule has 0 unspecified atom stereocenters. The number of pyridine rings is 1. The molecule has 0 aliphatic heterocycles. The van der Waals surface area contributed by atoms with Gasteiger partial charge in [-0.25, -0.2) is 9.80 Å². The smallest absolute Gasteiger partial charge is 0.330 e. The standard InChI is InChI=1S/C14H21N3O2S/c1-11(2)13(14(18)19-4)17(10-20)16(3)9-12-7-5-6-8-15-12/h5-8,10-11,13H,9H2,1-4H3/t13-/m0/s1. The zero-order chi connectivity index (χ0) is 15.1. The van der Waals surface area contributed by atoms with Gasteiger partial charge in [-0.1, -0.05) is 32.1 Å². The molecule has 0 radical (unpaired) electrons. The quantitative estimate of drug-likeness (QED) is 0.435. The van der Waals surface area contributed by atoms with E-state index in [1.54, 1.807) is 11.2 Å². The molecule has 0 saturated heterocycles. The lowest BCUT2D eigenvalue weighted by Crippen LogP contribution is -2.51. The van der Waals surface area contributed by atoms with Crippen LogP contribution >= 0.6 is 12.2 Å². The lowest BCUT2D eigenvalue weighted by atomic mass is 10.0. The fraction of sp³-hybridized carbons (Fsp3) is 0.500. The number of methoxy groups -OCH3 is 1. The van der Waals surface area contributed by atoms with Gasteiger partial charge in [0, 0.05) is 13.2 Å². The van der Waals surface area contributed by atoms with Crippen molar-refractivity contribution in [2.24, 2.45) is 5.92 Å². The van der Waals surface area contributed by atoms with Gasteiger partial charge in [-0.3, -0.25) is 9.99 Å². The molecule has 1 rings (SSSR count). The van der Waals surface area contributed by atoms with Crippen molar-refractivity contribution in [1.82, 2.24) is 15.0 Å². The number of hydrogen-bond donors (Lipinski definition) is 0. The number of carbonyl (C=O) groups excluding carboxylic acids is 1. The number of carbonyl (C=O) groups is 1. The maximum atomic E-state index is 11.9. The van der Waals surface area contributed by atoms with E-state index < -0.39 is 6.04 Å². The first-order valence-electron chi connectivity index (χ1n) is 6.43. The largest absolute Gasteiger partial charge is 0.467 e. The van der Waals surface area contributed by atoms with Gasteiger partial charge in [0.2, 0.25) is 0 Å². The van der Waals surface area contributed by atoms with Crippen LogP contribution in [0.25, 0.3) is 0 Å². The minimum absolute atomic E-state index is 0.0767. The molecule has 0 saturated carbocycles. The van der Waals surface area contributed by atoms with E-state index in [4.69, 9.17) is 17.0 Å². The highest BCUT2D eigenvalue weighted by atomic mass is 32.1. The Morgan fingerprint density at radius 1 is 1.50 bits per heavy atom. The number of esters is 1. The van der Waals surface area contributed by atoms with Crippen LogP contribution in [0.3, 0.4) is 0 Å². The number of ether oxygens (including phenoxy) is 1. The summed E-state index contributed by atoms with van der Waals surface area (Å²) in [5.41, 5.74) is 2.38. The topological polar surface area (TPSA) is 45.7 Å². The fourth-order valence-corrected chi connectivity index (χ4v) is 2.26. The molecule has 5 nitrogen and oxygen atoms in total. The summed E-state index contributed by atoms with van der Waals surface area (Å²) in [4.78, 5) is 16.2. The Hall–Kier alpha value is -1.53. The summed E-state index contributed by atoms with van der Waals surface area (Å²) in [6.45, 7) is 4.48. The summed E-state index contributed by atoms with van der Waals surface area (Å²) in [6.07, 6.45) is 1.74. The van der Waals surface area contributed by atoms with Gasteiger partial charge in [-0.05, 0) is 18.1 Å². The molecule has 0 amide bonds. The Bertz CT molecular complexity index is 439. The molecule has 0 aliphatic rings. The second kappa shape index (κ2) is 7.91. The molecule has 1 aromatic rings. The molecule has 1 aromatic heterocycles. The van der Waals surface area contributed by atoms with E-state index in [-0.39, 0.29) is 11.9 Å². The van der Waals surface area contributed by atoms with Crippen molar-refractivity contribution in [3.05, 3.63) is 30.1 Å². The van der Waals surface area contributed by atoms with Gasteiger partial charge in [-0.2, -0.15) is 0 Å². The summed E-state index contributed by atoms with van der Waals surface area (Å²) in [6, 6.07) is 5.29. The van der Waals surface area contributed by atoms with E-state index in [9.17, 15) is 4.79 Å². The Morgan fingerprint density at radius 2 is 2.20 bits per heavy atom. The first-order chi connectivity index (χ1) is 9.51. The third-order valence-electron chi connectivity index (χ3n) is 2.98. The van der Waals surface area contributed by atoms with Crippen LogP contribution in [0.1, 0.15) is 19.5 Å². The van der Waals surface area contributed by atoms with Crippen LogP contribution in [0.4, 0.5) is 0 Å². The molecule has 0 aromatic carbocycles. The van der Waals surface area contributed by atoms with Gasteiger partial charge in [0.05, 0.1) is 24.8 Å². The van der Waals surface area contributed by atoms with E-state index in [1.165, 1.54) is 12.6 Å². The summed E-state index contributed by atoms with van der Waals surface area (Å²) >= 11 is 5.06. The van der Waals surface area contributed by atoms with Gasteiger partial charge < -0.3 is 4.74 Å². The molecule has 1 atom stereocenters. The Morgan fingerprint density at radius 3 is 2.65 bits per heavy atom. The third-order valence-corrected chi connectivity index (χ3v) is 3.19. The van der Waals surface area contributed by atoms with Gasteiger partial charge in [-0.15, -0.1) is 0 Å². The average Bonchev–Trinajstić information content (AvgIpc) is 2.44. The lowest BCUT2D eigenvalue weighted by molar-refractivity contribution is -0.152. The Labute approximate surface area is 125 Å². The normalized spacial score (nSPS) is 12.3. The molecule has 20 heavy (non-hydrogen) atoms. The number of aromatic nitrogens is 1. The van der Waals surface area contributed by atoms with Gasteiger partial charge in [0.1, 0.15) is 6.04 Å². The van der Waals surface area contributed by atoms with Crippen LogP contribution in [-0.4, -0.2) is 46.7 Å². The van der Waals surface area contributed by atoms with E-state index >= 15 is 0 Å². The molecule has 1 heterocycles. The summed E-state index contributed by atoms with van der Waals surface area (Å²) < 4.78 is 4.87. The monoisotopic (exact) mass is 295 g/mol. The highest BCUT2D eigenvalue weighted by Gasteiger charge is 2.30. The molecule has 0 fully saturated rings. The molecule has 0 bridgehead atoms. The number of thiocarbonyl (C=S) groups is 1.